The zero-order chi connectivity index (χ0) is 20.7. The van der Waals surface area contributed by atoms with E-state index in [4.69, 9.17) is 5.73 Å². The SMILES string of the molecule is C[C@H](N)C(=O)Nc1ccc2c(c1)/C(=C\C1CC(O)c3ccccc3C1O)C(=O)N2. The predicted octanol–water partition coefficient (Wildman–Crippen LogP) is 2.09. The molecule has 0 bridgehead atoms. The second-order valence-electron chi connectivity index (χ2n) is 7.56. The zero-order valence-electron chi connectivity index (χ0n) is 15.9. The van der Waals surface area contributed by atoms with E-state index < -0.39 is 24.2 Å². The Bertz CT molecular complexity index is 1010. The largest absolute Gasteiger partial charge is 0.388 e. The van der Waals surface area contributed by atoms with Gasteiger partial charge in [-0.25, -0.2) is 0 Å². The molecule has 1 heterocycles. The number of carbonyl (C=O) groups is 2. The minimum Gasteiger partial charge on any atom is -0.388 e. The number of benzene rings is 2. The van der Waals surface area contributed by atoms with Crippen molar-refractivity contribution in [2.24, 2.45) is 11.7 Å². The molecular formula is C22H23N3O4. The van der Waals surface area contributed by atoms with Gasteiger partial charge in [0.05, 0.1) is 18.2 Å². The first kappa shape index (κ1) is 19.3. The van der Waals surface area contributed by atoms with Gasteiger partial charge in [0.15, 0.2) is 0 Å². The van der Waals surface area contributed by atoms with Crippen LogP contribution in [-0.4, -0.2) is 28.1 Å². The number of aliphatic hydroxyl groups is 2. The van der Waals surface area contributed by atoms with E-state index in [1.54, 1.807) is 43.3 Å². The van der Waals surface area contributed by atoms with Gasteiger partial charge < -0.3 is 26.6 Å². The van der Waals surface area contributed by atoms with Gasteiger partial charge in [-0.2, -0.15) is 0 Å². The summed E-state index contributed by atoms with van der Waals surface area (Å²) in [6.45, 7) is 1.59. The van der Waals surface area contributed by atoms with Crippen LogP contribution in [0.5, 0.6) is 0 Å². The molecular weight excluding hydrogens is 370 g/mol. The average Bonchev–Trinajstić information content (AvgIpc) is 3.00. The van der Waals surface area contributed by atoms with E-state index in [2.05, 4.69) is 10.6 Å². The fourth-order valence-corrected chi connectivity index (χ4v) is 3.89. The lowest BCUT2D eigenvalue weighted by Gasteiger charge is -2.31. The average molecular weight is 393 g/mol. The molecule has 4 rings (SSSR count). The van der Waals surface area contributed by atoms with Crippen molar-refractivity contribution < 1.29 is 19.8 Å². The van der Waals surface area contributed by atoms with Crippen LogP contribution in [0.3, 0.4) is 0 Å². The Labute approximate surface area is 168 Å². The Balaban J connectivity index is 1.67. The molecule has 2 aromatic rings. The maximum atomic E-state index is 12.5. The molecule has 0 saturated heterocycles. The molecule has 7 heteroatoms. The lowest BCUT2D eigenvalue weighted by Crippen LogP contribution is -2.32. The molecule has 2 aromatic carbocycles. The molecule has 2 amide bonds. The van der Waals surface area contributed by atoms with E-state index in [0.717, 1.165) is 0 Å². The van der Waals surface area contributed by atoms with Crippen molar-refractivity contribution in [3.05, 3.63) is 65.2 Å². The van der Waals surface area contributed by atoms with E-state index >= 15 is 0 Å². The normalized spacial score (nSPS) is 25.2. The second kappa shape index (κ2) is 7.44. The number of hydrogen-bond donors (Lipinski definition) is 5. The highest BCUT2D eigenvalue weighted by Gasteiger charge is 2.34. The molecule has 3 unspecified atom stereocenters. The van der Waals surface area contributed by atoms with Crippen LogP contribution in [0.2, 0.25) is 0 Å². The van der Waals surface area contributed by atoms with Crippen molar-refractivity contribution >= 4 is 28.8 Å². The van der Waals surface area contributed by atoms with Gasteiger partial charge in [0.25, 0.3) is 5.91 Å². The summed E-state index contributed by atoms with van der Waals surface area (Å²) in [6, 6.07) is 11.7. The zero-order valence-corrected chi connectivity index (χ0v) is 15.9. The number of anilines is 2. The molecule has 1 aliphatic heterocycles. The van der Waals surface area contributed by atoms with E-state index in [9.17, 15) is 19.8 Å². The third kappa shape index (κ3) is 3.55. The molecule has 29 heavy (non-hydrogen) atoms. The van der Waals surface area contributed by atoms with Crippen LogP contribution < -0.4 is 16.4 Å². The first-order chi connectivity index (χ1) is 13.8. The third-order valence-electron chi connectivity index (χ3n) is 5.44. The number of hydrogen-bond acceptors (Lipinski definition) is 5. The van der Waals surface area contributed by atoms with Crippen molar-refractivity contribution in [2.75, 3.05) is 10.6 Å². The number of rotatable bonds is 3. The topological polar surface area (TPSA) is 125 Å². The monoisotopic (exact) mass is 393 g/mol. The van der Waals surface area contributed by atoms with E-state index in [1.165, 1.54) is 0 Å². The molecule has 1 aliphatic carbocycles. The minimum absolute atomic E-state index is 0.281. The van der Waals surface area contributed by atoms with Crippen molar-refractivity contribution in [3.63, 3.8) is 0 Å². The first-order valence-electron chi connectivity index (χ1n) is 9.54. The van der Waals surface area contributed by atoms with Gasteiger partial charge in [0.2, 0.25) is 5.91 Å². The van der Waals surface area contributed by atoms with Gasteiger partial charge in [-0.3, -0.25) is 9.59 Å². The molecule has 7 nitrogen and oxygen atoms in total. The van der Waals surface area contributed by atoms with Crippen molar-refractivity contribution in [2.45, 2.75) is 31.6 Å². The van der Waals surface area contributed by atoms with Gasteiger partial charge in [-0.05, 0) is 42.7 Å². The smallest absolute Gasteiger partial charge is 0.256 e. The number of fused-ring (bicyclic) bond motifs is 2. The fourth-order valence-electron chi connectivity index (χ4n) is 3.89. The van der Waals surface area contributed by atoms with Crippen LogP contribution in [0.4, 0.5) is 11.4 Å². The van der Waals surface area contributed by atoms with Crippen LogP contribution in [0.15, 0.2) is 48.5 Å². The molecule has 0 radical (unpaired) electrons. The summed E-state index contributed by atoms with van der Waals surface area (Å²) in [6.07, 6.45) is 0.491. The maximum absolute atomic E-state index is 12.5. The summed E-state index contributed by atoms with van der Waals surface area (Å²) in [5, 5.41) is 26.8. The second-order valence-corrected chi connectivity index (χ2v) is 7.56. The highest BCUT2D eigenvalue weighted by Crippen LogP contribution is 2.43. The lowest BCUT2D eigenvalue weighted by atomic mass is 9.78. The molecule has 0 spiro atoms. The number of carbonyl (C=O) groups excluding carboxylic acids is 2. The Kier molecular flexibility index (Phi) is 4.96. The molecule has 0 aromatic heterocycles. The van der Waals surface area contributed by atoms with Gasteiger partial charge in [-0.15, -0.1) is 0 Å². The van der Waals surface area contributed by atoms with Gasteiger partial charge in [-0.1, -0.05) is 30.3 Å². The Hall–Kier alpha value is -3.00. The molecule has 150 valence electrons. The van der Waals surface area contributed by atoms with E-state index in [1.807, 2.05) is 12.1 Å². The molecule has 6 N–H and O–H groups in total. The van der Waals surface area contributed by atoms with Gasteiger partial charge in [0.1, 0.15) is 0 Å². The summed E-state index contributed by atoms with van der Waals surface area (Å²) in [4.78, 5) is 24.4. The van der Waals surface area contributed by atoms with Crippen molar-refractivity contribution in [1.29, 1.82) is 0 Å². The molecule has 0 fully saturated rings. The highest BCUT2D eigenvalue weighted by atomic mass is 16.3. The fraction of sp³-hybridized carbons (Fsp3) is 0.273. The highest BCUT2D eigenvalue weighted by molar-refractivity contribution is 6.31. The molecule has 4 atom stereocenters. The predicted molar refractivity (Wildman–Crippen MR) is 110 cm³/mol. The number of nitrogens with one attached hydrogen (secondary N) is 2. The van der Waals surface area contributed by atoms with Gasteiger partial charge >= 0.3 is 0 Å². The quantitative estimate of drug-likeness (QED) is 0.511. The molecule has 0 saturated carbocycles. The summed E-state index contributed by atoms with van der Waals surface area (Å²) in [5.74, 6) is -1.03. The first-order valence-corrected chi connectivity index (χ1v) is 9.54. The Morgan fingerprint density at radius 2 is 1.97 bits per heavy atom. The summed E-state index contributed by atoms with van der Waals surface area (Å²) < 4.78 is 0. The van der Waals surface area contributed by atoms with Crippen LogP contribution in [-0.2, 0) is 9.59 Å². The van der Waals surface area contributed by atoms with Crippen molar-refractivity contribution in [1.82, 2.24) is 0 Å². The summed E-state index contributed by atoms with van der Waals surface area (Å²) in [7, 11) is 0. The minimum atomic E-state index is -0.820. The lowest BCUT2D eigenvalue weighted by molar-refractivity contribution is -0.117. The standard InChI is InChI=1S/C22H23N3O4/c1-11(23)21(28)24-13-6-7-18-16(10-13)17(22(29)25-18)8-12-9-19(26)14-4-2-3-5-15(14)20(12)27/h2-8,10-12,19-20,26-27H,9,23H2,1H3,(H,24,28)(H,25,29)/b17-8+/t11-,12?,19?,20?/m0/s1. The Morgan fingerprint density at radius 3 is 2.69 bits per heavy atom. The van der Waals surface area contributed by atoms with Crippen LogP contribution >= 0.6 is 0 Å². The Morgan fingerprint density at radius 1 is 1.24 bits per heavy atom. The van der Waals surface area contributed by atoms with Crippen LogP contribution in [0, 0.1) is 5.92 Å². The van der Waals surface area contributed by atoms with Crippen LogP contribution in [0.1, 0.15) is 42.2 Å². The summed E-state index contributed by atoms with van der Waals surface area (Å²) >= 11 is 0. The van der Waals surface area contributed by atoms with Gasteiger partial charge in [0, 0.05) is 28.4 Å². The van der Waals surface area contributed by atoms with E-state index in [-0.39, 0.29) is 11.8 Å². The maximum Gasteiger partial charge on any atom is 0.256 e. The number of amides is 2. The molecule has 2 aliphatic rings. The van der Waals surface area contributed by atoms with Crippen molar-refractivity contribution in [3.8, 4) is 0 Å². The summed E-state index contributed by atoms with van der Waals surface area (Å²) in [5.41, 5.74) is 9.19. The number of nitrogens with two attached hydrogens (primary N) is 1. The number of aliphatic hydroxyl groups excluding tert-OH is 2. The van der Waals surface area contributed by atoms with Crippen LogP contribution in [0.25, 0.3) is 5.57 Å². The third-order valence-corrected chi connectivity index (χ3v) is 5.44. The van der Waals surface area contributed by atoms with E-state index in [0.29, 0.717) is 40.1 Å².